The van der Waals surface area contributed by atoms with Crippen LogP contribution >= 0.6 is 11.8 Å². The van der Waals surface area contributed by atoms with Gasteiger partial charge in [0.15, 0.2) is 16.7 Å². The first-order valence-corrected chi connectivity index (χ1v) is 15.5. The number of thioether (sulfide) groups is 1. The minimum absolute atomic E-state index is 0.105. The fraction of sp³-hybridized carbons (Fsp3) is 0.206. The first-order chi connectivity index (χ1) is 22.0. The highest BCUT2D eigenvalue weighted by Gasteiger charge is 2.33. The molecule has 10 nitrogen and oxygen atoms in total. The number of hydrogen-bond acceptors (Lipinski definition) is 8. The van der Waals surface area contributed by atoms with Gasteiger partial charge in [-0.2, -0.15) is 5.10 Å². The molecule has 2 aromatic heterocycles. The highest BCUT2D eigenvalue weighted by molar-refractivity contribution is 7.99. The summed E-state index contributed by atoms with van der Waals surface area (Å²) in [4.78, 5) is 26.3. The van der Waals surface area contributed by atoms with Gasteiger partial charge in [0.25, 0.3) is 11.8 Å². The number of methoxy groups -OCH3 is 1. The maximum Gasteiger partial charge on any atom is 0.287 e. The molecule has 0 fully saturated rings. The molecule has 3 aromatic carbocycles. The molecule has 45 heavy (non-hydrogen) atoms. The number of carbonyl (C=O) groups is 2. The van der Waals surface area contributed by atoms with E-state index in [4.69, 9.17) is 14.3 Å². The van der Waals surface area contributed by atoms with E-state index >= 15 is 0 Å². The summed E-state index contributed by atoms with van der Waals surface area (Å²) < 4.78 is 12.4. The van der Waals surface area contributed by atoms with Crippen LogP contribution in [0.15, 0.2) is 112 Å². The molecular formula is C34H32N6O4S. The smallest absolute Gasteiger partial charge is 0.287 e. The molecule has 1 aliphatic heterocycles. The standard InChI is InChI=1S/C34H32N6O4S/c1-23-10-12-26(13-11-23)29-19-28(25-14-16-27(43-2)17-15-25)38-40(29)32(41)22-45-34-37-36-31(20-35-33(42)30-9-6-18-44-30)39(34)21-24-7-4-3-5-8-24/h3-18,29H,19-22H2,1-2H3,(H,35,42). The second kappa shape index (κ2) is 13.6. The summed E-state index contributed by atoms with van der Waals surface area (Å²) >= 11 is 1.30. The fourth-order valence-corrected chi connectivity index (χ4v) is 5.88. The van der Waals surface area contributed by atoms with Crippen molar-refractivity contribution in [1.82, 2.24) is 25.1 Å². The highest BCUT2D eigenvalue weighted by Crippen LogP contribution is 2.34. The first kappa shape index (κ1) is 29.9. The van der Waals surface area contributed by atoms with Crippen LogP contribution in [0.25, 0.3) is 0 Å². The van der Waals surface area contributed by atoms with Crippen LogP contribution in [0.1, 0.15) is 51.1 Å². The SMILES string of the molecule is COc1ccc(C2=NN(C(=O)CSc3nnc(CNC(=O)c4ccco4)n3Cc3ccccc3)C(c3ccc(C)cc3)C2)cc1. The van der Waals surface area contributed by atoms with Gasteiger partial charge in [0, 0.05) is 6.42 Å². The summed E-state index contributed by atoms with van der Waals surface area (Å²) in [5, 5.41) is 18.6. The number of nitrogens with zero attached hydrogens (tertiary/aromatic N) is 5. The number of carbonyl (C=O) groups excluding carboxylic acids is 2. The van der Waals surface area contributed by atoms with Crippen LogP contribution in [-0.4, -0.2) is 50.2 Å². The zero-order chi connectivity index (χ0) is 31.2. The minimum Gasteiger partial charge on any atom is -0.497 e. The summed E-state index contributed by atoms with van der Waals surface area (Å²) in [6, 6.07) is 28.9. The van der Waals surface area contributed by atoms with E-state index in [2.05, 4.69) is 39.8 Å². The van der Waals surface area contributed by atoms with E-state index in [0.29, 0.717) is 23.9 Å². The van der Waals surface area contributed by atoms with E-state index in [9.17, 15) is 9.59 Å². The normalized spacial score (nSPS) is 14.3. The van der Waals surface area contributed by atoms with E-state index in [1.807, 2.05) is 66.1 Å². The summed E-state index contributed by atoms with van der Waals surface area (Å²) in [5.41, 5.74) is 4.99. The molecule has 0 saturated heterocycles. The maximum absolute atomic E-state index is 13.8. The Hall–Kier alpha value is -5.16. The van der Waals surface area contributed by atoms with Crippen molar-refractivity contribution in [3.63, 3.8) is 0 Å². The average Bonchev–Trinajstić information content (AvgIpc) is 3.85. The average molecular weight is 621 g/mol. The number of benzene rings is 3. The largest absolute Gasteiger partial charge is 0.497 e. The molecule has 1 N–H and O–H groups in total. The minimum atomic E-state index is -0.347. The third-order valence-corrected chi connectivity index (χ3v) is 8.46. The van der Waals surface area contributed by atoms with Crippen molar-refractivity contribution < 1.29 is 18.7 Å². The summed E-state index contributed by atoms with van der Waals surface area (Å²) in [6.45, 7) is 2.66. The molecule has 0 spiro atoms. The molecule has 0 saturated carbocycles. The number of ether oxygens (including phenoxy) is 1. The molecule has 11 heteroatoms. The Morgan fingerprint density at radius 3 is 2.47 bits per heavy atom. The predicted octanol–water partition coefficient (Wildman–Crippen LogP) is 5.64. The van der Waals surface area contributed by atoms with Crippen LogP contribution in [-0.2, 0) is 17.9 Å². The molecule has 1 unspecified atom stereocenters. The molecule has 228 valence electrons. The third-order valence-electron chi connectivity index (χ3n) is 7.50. The lowest BCUT2D eigenvalue weighted by Gasteiger charge is -2.22. The van der Waals surface area contributed by atoms with E-state index in [1.165, 1.54) is 18.0 Å². The fourth-order valence-electron chi connectivity index (χ4n) is 5.07. The lowest BCUT2D eigenvalue weighted by molar-refractivity contribution is -0.130. The van der Waals surface area contributed by atoms with Crippen molar-refractivity contribution in [3.8, 4) is 5.75 Å². The van der Waals surface area contributed by atoms with Crippen LogP contribution in [0.4, 0.5) is 0 Å². The predicted molar refractivity (Wildman–Crippen MR) is 171 cm³/mol. The molecule has 5 aromatic rings. The van der Waals surface area contributed by atoms with Crippen molar-refractivity contribution >= 4 is 29.3 Å². The zero-order valence-corrected chi connectivity index (χ0v) is 25.7. The Morgan fingerprint density at radius 2 is 1.76 bits per heavy atom. The van der Waals surface area contributed by atoms with E-state index in [1.54, 1.807) is 24.3 Å². The van der Waals surface area contributed by atoms with E-state index < -0.39 is 0 Å². The number of hydrogen-bond donors (Lipinski definition) is 1. The van der Waals surface area contributed by atoms with Crippen molar-refractivity contribution in [1.29, 1.82) is 0 Å². The zero-order valence-electron chi connectivity index (χ0n) is 24.9. The highest BCUT2D eigenvalue weighted by atomic mass is 32.2. The van der Waals surface area contributed by atoms with Gasteiger partial charge >= 0.3 is 0 Å². The number of rotatable bonds is 11. The molecule has 1 aliphatic rings. The molecular weight excluding hydrogens is 588 g/mol. The van der Waals surface area contributed by atoms with Crippen molar-refractivity contribution in [2.45, 2.75) is 37.6 Å². The summed E-state index contributed by atoms with van der Waals surface area (Å²) in [7, 11) is 1.63. The summed E-state index contributed by atoms with van der Waals surface area (Å²) in [6.07, 6.45) is 2.04. The van der Waals surface area contributed by atoms with Gasteiger partial charge in [-0.1, -0.05) is 71.9 Å². The van der Waals surface area contributed by atoms with Crippen LogP contribution in [0.3, 0.4) is 0 Å². The number of hydrazone groups is 1. The maximum atomic E-state index is 13.8. The van der Waals surface area contributed by atoms with Crippen molar-refractivity contribution in [2.75, 3.05) is 12.9 Å². The molecule has 2 amide bonds. The molecule has 1 atom stereocenters. The van der Waals surface area contributed by atoms with Crippen LogP contribution in [0.2, 0.25) is 0 Å². The number of aromatic nitrogens is 3. The number of amides is 2. The van der Waals surface area contributed by atoms with Gasteiger partial charge in [0.1, 0.15) is 5.75 Å². The Labute approximate surface area is 265 Å². The second-order valence-electron chi connectivity index (χ2n) is 10.6. The molecule has 0 radical (unpaired) electrons. The van der Waals surface area contributed by atoms with Gasteiger partial charge in [0.05, 0.1) is 44.0 Å². The number of furan rings is 1. The van der Waals surface area contributed by atoms with Crippen LogP contribution in [0, 0.1) is 6.92 Å². The van der Waals surface area contributed by atoms with Gasteiger partial charge in [-0.15, -0.1) is 10.2 Å². The Bertz CT molecular complexity index is 1780. The number of aryl methyl sites for hydroxylation is 1. The Kier molecular flexibility index (Phi) is 9.06. The van der Waals surface area contributed by atoms with E-state index in [-0.39, 0.29) is 35.9 Å². The lowest BCUT2D eigenvalue weighted by atomic mass is 9.97. The summed E-state index contributed by atoms with van der Waals surface area (Å²) in [5.74, 6) is 1.15. The van der Waals surface area contributed by atoms with Gasteiger partial charge in [-0.25, -0.2) is 5.01 Å². The number of nitrogens with one attached hydrogen (secondary N) is 1. The first-order valence-electron chi connectivity index (χ1n) is 14.5. The van der Waals surface area contributed by atoms with Gasteiger partial charge < -0.3 is 19.0 Å². The van der Waals surface area contributed by atoms with Crippen LogP contribution < -0.4 is 10.1 Å². The monoisotopic (exact) mass is 620 g/mol. The molecule has 3 heterocycles. The van der Waals surface area contributed by atoms with Gasteiger partial charge in [0.2, 0.25) is 0 Å². The molecule has 0 bridgehead atoms. The van der Waals surface area contributed by atoms with Crippen molar-refractivity contribution in [3.05, 3.63) is 131 Å². The Morgan fingerprint density at radius 1 is 0.978 bits per heavy atom. The lowest BCUT2D eigenvalue weighted by Crippen LogP contribution is -2.28. The van der Waals surface area contributed by atoms with Crippen molar-refractivity contribution in [2.24, 2.45) is 5.10 Å². The second-order valence-corrected chi connectivity index (χ2v) is 11.5. The third kappa shape index (κ3) is 6.99. The van der Waals surface area contributed by atoms with Gasteiger partial charge in [-0.3, -0.25) is 9.59 Å². The van der Waals surface area contributed by atoms with E-state index in [0.717, 1.165) is 33.7 Å². The van der Waals surface area contributed by atoms with Gasteiger partial charge in [-0.05, 0) is 60.0 Å². The quantitative estimate of drug-likeness (QED) is 0.190. The topological polar surface area (TPSA) is 115 Å². The Balaban J connectivity index is 1.22. The molecule has 0 aliphatic carbocycles. The van der Waals surface area contributed by atoms with Crippen LogP contribution in [0.5, 0.6) is 5.75 Å². The molecule has 6 rings (SSSR count).